The summed E-state index contributed by atoms with van der Waals surface area (Å²) in [7, 11) is 0. The van der Waals surface area contributed by atoms with Crippen LogP contribution in [0.25, 0.3) is 17.0 Å². The topological polar surface area (TPSA) is 30.2 Å². The average Bonchev–Trinajstić information content (AvgIpc) is 2.96. The maximum absolute atomic E-state index is 12.6. The van der Waals surface area contributed by atoms with Gasteiger partial charge in [-0.15, -0.1) is 0 Å². The van der Waals surface area contributed by atoms with Crippen molar-refractivity contribution in [1.29, 1.82) is 0 Å². The second-order valence-corrected chi connectivity index (χ2v) is 4.97. The van der Waals surface area contributed by atoms with Gasteiger partial charge in [0.2, 0.25) is 5.78 Å². The van der Waals surface area contributed by atoms with Gasteiger partial charge in [-0.2, -0.15) is 13.2 Å². The number of allylic oxidation sites excluding steroid dienone is 1. The first-order chi connectivity index (χ1) is 10.9. The highest BCUT2D eigenvalue weighted by Gasteiger charge is 2.30. The molecular formula is C18H11F3O2. The third-order valence-electron chi connectivity index (χ3n) is 3.31. The minimum atomic E-state index is -4.41. The number of alkyl halides is 3. The van der Waals surface area contributed by atoms with E-state index in [-0.39, 0.29) is 5.76 Å². The monoisotopic (exact) mass is 316 g/mol. The molecule has 2 nitrogen and oxygen atoms in total. The Hall–Kier alpha value is -2.82. The molecular weight excluding hydrogens is 305 g/mol. The molecule has 3 rings (SSSR count). The molecule has 1 heterocycles. The fraction of sp³-hybridized carbons (Fsp3) is 0.0556. The molecule has 0 aliphatic carbocycles. The Bertz CT molecular complexity index is 855. The number of benzene rings is 2. The molecule has 5 heteroatoms. The first-order valence-electron chi connectivity index (χ1n) is 6.82. The van der Waals surface area contributed by atoms with E-state index in [9.17, 15) is 18.0 Å². The number of hydrogen-bond acceptors (Lipinski definition) is 2. The number of fused-ring (bicyclic) bond motifs is 1. The van der Waals surface area contributed by atoms with Crippen molar-refractivity contribution in [2.75, 3.05) is 0 Å². The van der Waals surface area contributed by atoms with Gasteiger partial charge in [-0.05, 0) is 35.9 Å². The Balaban J connectivity index is 1.83. The molecule has 0 unspecified atom stereocenters. The zero-order chi connectivity index (χ0) is 16.4. The van der Waals surface area contributed by atoms with E-state index in [1.165, 1.54) is 24.3 Å². The quantitative estimate of drug-likeness (QED) is 0.482. The zero-order valence-corrected chi connectivity index (χ0v) is 11.8. The summed E-state index contributed by atoms with van der Waals surface area (Å²) in [6.45, 7) is 0. The van der Waals surface area contributed by atoms with E-state index in [1.54, 1.807) is 18.2 Å². The summed E-state index contributed by atoms with van der Waals surface area (Å²) in [6.07, 6.45) is -1.87. The summed E-state index contributed by atoms with van der Waals surface area (Å²) < 4.78 is 43.3. The van der Waals surface area contributed by atoms with E-state index < -0.39 is 17.5 Å². The molecule has 0 saturated heterocycles. The minimum Gasteiger partial charge on any atom is -0.453 e. The van der Waals surface area contributed by atoms with Crippen LogP contribution < -0.4 is 0 Å². The van der Waals surface area contributed by atoms with Gasteiger partial charge in [-0.1, -0.05) is 36.4 Å². The highest BCUT2D eigenvalue weighted by molar-refractivity contribution is 6.06. The van der Waals surface area contributed by atoms with E-state index in [2.05, 4.69) is 0 Å². The van der Waals surface area contributed by atoms with Crippen LogP contribution in [0.15, 0.2) is 65.1 Å². The lowest BCUT2D eigenvalue weighted by atomic mass is 10.1. The van der Waals surface area contributed by atoms with Gasteiger partial charge in [-0.3, -0.25) is 4.79 Å². The SMILES string of the molecule is O=C(C=Cc1cccc(C(F)(F)F)c1)c1cc2ccccc2o1. The molecule has 1 aromatic heterocycles. The number of furan rings is 1. The van der Waals surface area contributed by atoms with Gasteiger partial charge in [0, 0.05) is 5.39 Å². The standard InChI is InChI=1S/C18H11F3O2/c19-18(20,21)14-6-3-4-12(10-14)8-9-15(22)17-11-13-5-1-2-7-16(13)23-17/h1-11H. The molecule has 0 aliphatic heterocycles. The second-order valence-electron chi connectivity index (χ2n) is 4.97. The van der Waals surface area contributed by atoms with Crippen LogP contribution in [0.3, 0.4) is 0 Å². The minimum absolute atomic E-state index is 0.148. The molecule has 0 fully saturated rings. The van der Waals surface area contributed by atoms with Gasteiger partial charge in [0.15, 0.2) is 5.76 Å². The Labute approximate surface area is 129 Å². The number of ketones is 1. The van der Waals surface area contributed by atoms with Gasteiger partial charge in [0.1, 0.15) is 5.58 Å². The molecule has 116 valence electrons. The number of para-hydroxylation sites is 1. The van der Waals surface area contributed by atoms with Crippen molar-refractivity contribution in [2.24, 2.45) is 0 Å². The molecule has 0 radical (unpaired) electrons. The lowest BCUT2D eigenvalue weighted by molar-refractivity contribution is -0.137. The van der Waals surface area contributed by atoms with Crippen LogP contribution in [-0.4, -0.2) is 5.78 Å². The van der Waals surface area contributed by atoms with Gasteiger partial charge >= 0.3 is 6.18 Å². The Morgan fingerprint density at radius 1 is 1.00 bits per heavy atom. The normalized spacial score (nSPS) is 12.1. The third-order valence-corrected chi connectivity index (χ3v) is 3.31. The fourth-order valence-electron chi connectivity index (χ4n) is 2.18. The van der Waals surface area contributed by atoms with E-state index in [4.69, 9.17) is 4.42 Å². The van der Waals surface area contributed by atoms with Crippen molar-refractivity contribution in [1.82, 2.24) is 0 Å². The molecule has 23 heavy (non-hydrogen) atoms. The van der Waals surface area contributed by atoms with Crippen molar-refractivity contribution < 1.29 is 22.4 Å². The van der Waals surface area contributed by atoms with Crippen LogP contribution in [0.5, 0.6) is 0 Å². The number of rotatable bonds is 3. The fourth-order valence-corrected chi connectivity index (χ4v) is 2.18. The predicted molar refractivity (Wildman–Crippen MR) is 81.0 cm³/mol. The smallest absolute Gasteiger partial charge is 0.416 e. The first-order valence-corrected chi connectivity index (χ1v) is 6.82. The Morgan fingerprint density at radius 3 is 2.52 bits per heavy atom. The van der Waals surface area contributed by atoms with Crippen molar-refractivity contribution in [3.05, 3.63) is 77.6 Å². The molecule has 0 aliphatic rings. The van der Waals surface area contributed by atoms with Crippen molar-refractivity contribution in [3.63, 3.8) is 0 Å². The molecule has 0 amide bonds. The maximum Gasteiger partial charge on any atom is 0.416 e. The lowest BCUT2D eigenvalue weighted by Crippen LogP contribution is -2.04. The van der Waals surface area contributed by atoms with Gasteiger partial charge in [0.05, 0.1) is 5.56 Å². The number of halogens is 3. The number of carbonyl (C=O) groups excluding carboxylic acids is 1. The second kappa shape index (κ2) is 5.76. The van der Waals surface area contributed by atoms with Crippen LogP contribution >= 0.6 is 0 Å². The lowest BCUT2D eigenvalue weighted by Gasteiger charge is -2.06. The van der Waals surface area contributed by atoms with E-state index in [0.717, 1.165) is 17.5 Å². The zero-order valence-electron chi connectivity index (χ0n) is 11.8. The highest BCUT2D eigenvalue weighted by atomic mass is 19.4. The third kappa shape index (κ3) is 3.34. The molecule has 0 bridgehead atoms. The molecule has 2 aromatic carbocycles. The van der Waals surface area contributed by atoms with Crippen LogP contribution in [0.4, 0.5) is 13.2 Å². The first kappa shape index (κ1) is 15.1. The van der Waals surface area contributed by atoms with Crippen molar-refractivity contribution in [3.8, 4) is 0 Å². The summed E-state index contributed by atoms with van der Waals surface area (Å²) in [5, 5.41) is 0.795. The maximum atomic E-state index is 12.6. The van der Waals surface area contributed by atoms with Crippen LogP contribution in [0.1, 0.15) is 21.7 Å². The van der Waals surface area contributed by atoms with Crippen LogP contribution in [0, 0.1) is 0 Å². The summed E-state index contributed by atoms with van der Waals surface area (Å²) in [5.41, 5.74) is 0.128. The molecule has 3 aromatic rings. The molecule has 0 atom stereocenters. The van der Waals surface area contributed by atoms with E-state index in [0.29, 0.717) is 11.1 Å². The van der Waals surface area contributed by atoms with E-state index in [1.807, 2.05) is 12.1 Å². The van der Waals surface area contributed by atoms with Gasteiger partial charge in [0.25, 0.3) is 0 Å². The predicted octanol–water partition coefficient (Wildman–Crippen LogP) is 5.35. The van der Waals surface area contributed by atoms with Gasteiger partial charge in [-0.25, -0.2) is 0 Å². The Kier molecular flexibility index (Phi) is 3.78. The summed E-state index contributed by atoms with van der Waals surface area (Å²) >= 11 is 0. The summed E-state index contributed by atoms with van der Waals surface area (Å²) in [4.78, 5) is 12.1. The van der Waals surface area contributed by atoms with Gasteiger partial charge < -0.3 is 4.42 Å². The molecule has 0 N–H and O–H groups in total. The number of carbonyl (C=O) groups is 1. The van der Waals surface area contributed by atoms with Crippen molar-refractivity contribution in [2.45, 2.75) is 6.18 Å². The number of hydrogen-bond donors (Lipinski definition) is 0. The summed E-state index contributed by atoms with van der Waals surface area (Å²) in [5.74, 6) is -0.256. The van der Waals surface area contributed by atoms with Crippen LogP contribution in [-0.2, 0) is 6.18 Å². The van der Waals surface area contributed by atoms with Crippen LogP contribution in [0.2, 0.25) is 0 Å². The Morgan fingerprint density at radius 2 is 1.78 bits per heavy atom. The largest absolute Gasteiger partial charge is 0.453 e. The highest BCUT2D eigenvalue weighted by Crippen LogP contribution is 2.29. The average molecular weight is 316 g/mol. The van der Waals surface area contributed by atoms with Crippen molar-refractivity contribution >= 4 is 22.8 Å². The molecule has 0 saturated carbocycles. The van der Waals surface area contributed by atoms with E-state index >= 15 is 0 Å². The molecule has 0 spiro atoms. The summed E-state index contributed by atoms with van der Waals surface area (Å²) in [6, 6.07) is 13.5.